The van der Waals surface area contributed by atoms with E-state index in [1.807, 2.05) is 14.0 Å². The van der Waals surface area contributed by atoms with Crippen molar-refractivity contribution in [2.24, 2.45) is 4.99 Å². The third-order valence-electron chi connectivity index (χ3n) is 3.86. The molecule has 1 N–H and O–H groups in total. The van der Waals surface area contributed by atoms with E-state index in [1.54, 1.807) is 11.3 Å². The number of ether oxygens (including phenoxy) is 1. The lowest BCUT2D eigenvalue weighted by Crippen LogP contribution is -2.39. The number of benzene rings is 1. The fraction of sp³-hybridized carbons (Fsp3) is 0.421. The van der Waals surface area contributed by atoms with Gasteiger partial charge in [-0.25, -0.2) is 0 Å². The van der Waals surface area contributed by atoms with E-state index in [-0.39, 0.29) is 24.0 Å². The Labute approximate surface area is 172 Å². The zero-order chi connectivity index (χ0) is 17.2. The third-order valence-corrected chi connectivity index (χ3v) is 4.80. The van der Waals surface area contributed by atoms with Gasteiger partial charge in [0.25, 0.3) is 0 Å². The molecule has 0 radical (unpaired) electrons. The minimum Gasteiger partial charge on any atom is -0.377 e. The van der Waals surface area contributed by atoms with Crippen LogP contribution in [0.15, 0.2) is 46.8 Å². The van der Waals surface area contributed by atoms with E-state index in [0.717, 1.165) is 32.1 Å². The Kier molecular flexibility index (Phi) is 10.8. The van der Waals surface area contributed by atoms with Gasteiger partial charge in [0.15, 0.2) is 5.96 Å². The maximum Gasteiger partial charge on any atom is 0.193 e. The molecule has 0 fully saturated rings. The van der Waals surface area contributed by atoms with Crippen LogP contribution < -0.4 is 5.32 Å². The molecule has 0 amide bonds. The second-order valence-corrected chi connectivity index (χ2v) is 6.59. The van der Waals surface area contributed by atoms with Crippen molar-refractivity contribution in [3.8, 4) is 0 Å². The van der Waals surface area contributed by atoms with Crippen molar-refractivity contribution in [3.63, 3.8) is 0 Å². The number of aliphatic imine (C=N–C) groups is 1. The summed E-state index contributed by atoms with van der Waals surface area (Å²) in [6, 6.07) is 12.7. The second-order valence-electron chi connectivity index (χ2n) is 5.56. The molecule has 0 saturated carbocycles. The van der Waals surface area contributed by atoms with Crippen LogP contribution in [0.5, 0.6) is 0 Å². The summed E-state index contributed by atoms with van der Waals surface area (Å²) in [5.74, 6) is 0.915. The van der Waals surface area contributed by atoms with E-state index < -0.39 is 0 Å². The number of likely N-dealkylation sites (N-methyl/N-ethyl adjacent to an activating group) is 1. The highest BCUT2D eigenvalue weighted by Gasteiger charge is 2.08. The van der Waals surface area contributed by atoms with Gasteiger partial charge in [-0.2, -0.15) is 0 Å². The van der Waals surface area contributed by atoms with Gasteiger partial charge in [0.1, 0.15) is 0 Å². The van der Waals surface area contributed by atoms with Crippen LogP contribution in [0.1, 0.15) is 22.9 Å². The smallest absolute Gasteiger partial charge is 0.193 e. The molecule has 2 aromatic rings. The first-order valence-corrected chi connectivity index (χ1v) is 9.21. The fourth-order valence-corrected chi connectivity index (χ4v) is 3.18. The quantitative estimate of drug-likeness (QED) is 0.356. The normalized spacial score (nSPS) is 11.1. The van der Waals surface area contributed by atoms with Crippen molar-refractivity contribution >= 4 is 41.3 Å². The summed E-state index contributed by atoms with van der Waals surface area (Å²) in [5, 5.41) is 5.58. The molecule has 0 aliphatic rings. The molecule has 25 heavy (non-hydrogen) atoms. The van der Waals surface area contributed by atoms with Gasteiger partial charge in [-0.3, -0.25) is 4.99 Å². The van der Waals surface area contributed by atoms with Crippen molar-refractivity contribution in [2.45, 2.75) is 26.5 Å². The Hall–Kier alpha value is -1.12. The first-order valence-electron chi connectivity index (χ1n) is 8.33. The van der Waals surface area contributed by atoms with Crippen molar-refractivity contribution in [2.75, 3.05) is 27.2 Å². The van der Waals surface area contributed by atoms with E-state index in [4.69, 9.17) is 4.74 Å². The molecule has 1 aromatic heterocycles. The number of nitrogens with zero attached hydrogens (tertiary/aromatic N) is 2. The summed E-state index contributed by atoms with van der Waals surface area (Å²) in [7, 11) is 3.91. The van der Waals surface area contributed by atoms with E-state index in [1.165, 1.54) is 16.0 Å². The molecular weight excluding hydrogens is 445 g/mol. The predicted octanol–water partition coefficient (Wildman–Crippen LogP) is 4.15. The Balaban J connectivity index is 0.00000312. The molecule has 0 bridgehead atoms. The molecule has 0 aliphatic carbocycles. The average Bonchev–Trinajstić information content (AvgIpc) is 3.13. The van der Waals surface area contributed by atoms with Gasteiger partial charge in [0, 0.05) is 38.7 Å². The Morgan fingerprint density at radius 3 is 2.60 bits per heavy atom. The molecule has 0 atom stereocenters. The first kappa shape index (κ1) is 21.9. The number of halogens is 1. The Morgan fingerprint density at radius 2 is 1.96 bits per heavy atom. The average molecular weight is 473 g/mol. The van der Waals surface area contributed by atoms with Crippen molar-refractivity contribution in [1.82, 2.24) is 10.2 Å². The fourth-order valence-electron chi connectivity index (χ4n) is 2.48. The maximum absolute atomic E-state index is 5.55. The van der Waals surface area contributed by atoms with Gasteiger partial charge in [0.2, 0.25) is 0 Å². The summed E-state index contributed by atoms with van der Waals surface area (Å²) < 4.78 is 5.55. The van der Waals surface area contributed by atoms with Crippen molar-refractivity contribution in [3.05, 3.63) is 57.8 Å². The molecule has 0 saturated heterocycles. The summed E-state index contributed by atoms with van der Waals surface area (Å²) in [5.41, 5.74) is 2.47. The second kappa shape index (κ2) is 12.3. The molecule has 1 aromatic carbocycles. The molecule has 4 nitrogen and oxygen atoms in total. The predicted molar refractivity (Wildman–Crippen MR) is 118 cm³/mol. The first-order chi connectivity index (χ1) is 11.7. The zero-order valence-corrected chi connectivity index (χ0v) is 18.3. The number of hydrogen-bond donors (Lipinski definition) is 1. The standard InChI is InChI=1S/C19H27N3OS.HI/c1-4-23-15-17-9-6-5-8-16(17)14-21-19(20-2)22(3)12-11-18-10-7-13-24-18;/h5-10,13H,4,11-12,14-15H2,1-3H3,(H,20,21);1H. The lowest BCUT2D eigenvalue weighted by molar-refractivity contribution is 0.133. The van der Waals surface area contributed by atoms with Gasteiger partial charge < -0.3 is 15.0 Å². The van der Waals surface area contributed by atoms with Crippen LogP contribution in [0, 0.1) is 0 Å². The van der Waals surface area contributed by atoms with E-state index in [9.17, 15) is 0 Å². The minimum absolute atomic E-state index is 0. The largest absolute Gasteiger partial charge is 0.377 e. The van der Waals surface area contributed by atoms with Crippen LogP contribution in [0.25, 0.3) is 0 Å². The summed E-state index contributed by atoms with van der Waals surface area (Å²) in [4.78, 5) is 7.97. The van der Waals surface area contributed by atoms with Gasteiger partial charge in [0.05, 0.1) is 6.61 Å². The molecule has 0 unspecified atom stereocenters. The highest BCUT2D eigenvalue weighted by atomic mass is 127. The molecule has 2 rings (SSSR count). The number of rotatable bonds is 8. The van der Waals surface area contributed by atoms with E-state index in [0.29, 0.717) is 6.61 Å². The molecule has 138 valence electrons. The van der Waals surface area contributed by atoms with Gasteiger partial charge >= 0.3 is 0 Å². The lowest BCUT2D eigenvalue weighted by atomic mass is 10.1. The van der Waals surface area contributed by atoms with Crippen molar-refractivity contribution in [1.29, 1.82) is 0 Å². The highest BCUT2D eigenvalue weighted by molar-refractivity contribution is 14.0. The summed E-state index contributed by atoms with van der Waals surface area (Å²) >= 11 is 1.80. The van der Waals surface area contributed by atoms with Crippen LogP contribution in [0.2, 0.25) is 0 Å². The van der Waals surface area contributed by atoms with Crippen LogP contribution >= 0.6 is 35.3 Å². The molecule has 1 heterocycles. The number of thiophene rings is 1. The highest BCUT2D eigenvalue weighted by Crippen LogP contribution is 2.11. The Bertz CT molecular complexity index is 631. The summed E-state index contributed by atoms with van der Waals surface area (Å²) in [6.07, 6.45) is 1.04. The van der Waals surface area contributed by atoms with Crippen molar-refractivity contribution < 1.29 is 4.74 Å². The van der Waals surface area contributed by atoms with Crippen LogP contribution in [-0.2, 0) is 24.3 Å². The number of nitrogens with one attached hydrogen (secondary N) is 1. The summed E-state index contributed by atoms with van der Waals surface area (Å²) in [6.45, 7) is 5.10. The molecule has 0 spiro atoms. The molecular formula is C19H28IN3OS. The van der Waals surface area contributed by atoms with E-state index >= 15 is 0 Å². The number of guanidine groups is 1. The monoisotopic (exact) mass is 473 g/mol. The third kappa shape index (κ3) is 7.33. The van der Waals surface area contributed by atoms with Gasteiger partial charge in [-0.15, -0.1) is 35.3 Å². The molecule has 0 aliphatic heterocycles. The lowest BCUT2D eigenvalue weighted by Gasteiger charge is -2.22. The zero-order valence-electron chi connectivity index (χ0n) is 15.2. The van der Waals surface area contributed by atoms with Crippen LogP contribution in [-0.4, -0.2) is 38.1 Å². The van der Waals surface area contributed by atoms with Gasteiger partial charge in [-0.1, -0.05) is 30.3 Å². The Morgan fingerprint density at radius 1 is 1.20 bits per heavy atom. The topological polar surface area (TPSA) is 36.9 Å². The van der Waals surface area contributed by atoms with E-state index in [2.05, 4.69) is 64.0 Å². The molecule has 6 heteroatoms. The van der Waals surface area contributed by atoms with Crippen LogP contribution in [0.3, 0.4) is 0 Å². The van der Waals surface area contributed by atoms with Gasteiger partial charge in [-0.05, 0) is 35.9 Å². The SMILES string of the molecule is CCOCc1ccccc1CNC(=NC)N(C)CCc1cccs1.I. The minimum atomic E-state index is 0. The number of hydrogen-bond acceptors (Lipinski definition) is 3. The van der Waals surface area contributed by atoms with Crippen LogP contribution in [0.4, 0.5) is 0 Å². The maximum atomic E-state index is 5.55.